The molecule has 5 rings (SSSR count). The van der Waals surface area contributed by atoms with Crippen molar-refractivity contribution in [3.8, 4) is 0 Å². The van der Waals surface area contributed by atoms with Crippen molar-refractivity contribution in [3.05, 3.63) is 47.4 Å². The van der Waals surface area contributed by atoms with E-state index in [1.165, 1.54) is 6.42 Å². The van der Waals surface area contributed by atoms with Crippen LogP contribution in [0.5, 0.6) is 0 Å². The molecule has 2 aromatic rings. The number of carbonyl (C=O) groups excluding carboxylic acids is 1. The van der Waals surface area contributed by atoms with Gasteiger partial charge in [0.2, 0.25) is 0 Å². The zero-order valence-corrected chi connectivity index (χ0v) is 18.6. The molecule has 3 fully saturated rings. The first-order chi connectivity index (χ1) is 14.4. The Labute approximate surface area is 182 Å². The highest BCUT2D eigenvalue weighted by atomic mass is 32.1. The number of carboxylic acid groups (broad SMARTS) is 1. The third-order valence-electron chi connectivity index (χ3n) is 7.50. The first kappa shape index (κ1) is 21.1. The number of aliphatic carboxylic acids is 1. The normalized spacial score (nSPS) is 27.1. The summed E-state index contributed by atoms with van der Waals surface area (Å²) in [6.45, 7) is 4.75. The molecule has 1 heterocycles. The summed E-state index contributed by atoms with van der Waals surface area (Å²) in [5.41, 5.74) is 1.13. The lowest BCUT2D eigenvalue weighted by molar-refractivity contribution is -0.137. The van der Waals surface area contributed by atoms with Gasteiger partial charge in [-0.25, -0.2) is 0 Å². The number of amides is 1. The minimum absolute atomic E-state index is 0.0481. The number of unbranched alkanes of at least 4 members (excludes halogenated alkanes) is 1. The van der Waals surface area contributed by atoms with Crippen molar-refractivity contribution in [2.75, 3.05) is 0 Å². The van der Waals surface area contributed by atoms with E-state index in [2.05, 4.69) is 37.4 Å². The highest BCUT2D eigenvalue weighted by molar-refractivity contribution is 7.17. The quantitative estimate of drug-likeness (QED) is 0.410. The largest absolute Gasteiger partial charge is 0.481 e. The lowest BCUT2D eigenvalue weighted by Crippen LogP contribution is -2.61. The Morgan fingerprint density at radius 3 is 2.80 bits per heavy atom. The number of nitrogens with one attached hydrogen (secondary N) is 1. The first-order valence-electron chi connectivity index (χ1n) is 11.0. The predicted octanol–water partition coefficient (Wildman–Crippen LogP) is 5.88. The van der Waals surface area contributed by atoms with Gasteiger partial charge in [0.05, 0.1) is 5.56 Å². The second-order valence-corrected chi connectivity index (χ2v) is 10.4. The van der Waals surface area contributed by atoms with E-state index in [1.807, 2.05) is 23.6 Å². The number of hydrogen-bond acceptors (Lipinski definition) is 3. The van der Waals surface area contributed by atoms with Crippen LogP contribution in [0.1, 0.15) is 62.7 Å². The first-order valence-corrected chi connectivity index (χ1v) is 11.9. The van der Waals surface area contributed by atoms with Crippen LogP contribution in [0.2, 0.25) is 0 Å². The van der Waals surface area contributed by atoms with Crippen LogP contribution in [0.4, 0.5) is 0 Å². The van der Waals surface area contributed by atoms with Crippen LogP contribution in [0.3, 0.4) is 0 Å². The molecular weight excluding hydrogens is 394 g/mol. The number of benzene rings is 1. The lowest BCUT2D eigenvalue weighted by atomic mass is 9.44. The average molecular weight is 426 g/mol. The molecule has 1 aromatic carbocycles. The van der Waals surface area contributed by atoms with E-state index >= 15 is 0 Å². The zero-order chi connectivity index (χ0) is 21.3. The fourth-order valence-corrected chi connectivity index (χ4v) is 6.52. The molecule has 4 unspecified atom stereocenters. The van der Waals surface area contributed by atoms with E-state index in [4.69, 9.17) is 5.11 Å². The molecule has 1 amide bonds. The Hall–Kier alpha value is -2.14. The maximum Gasteiger partial charge on any atom is 0.303 e. The summed E-state index contributed by atoms with van der Waals surface area (Å²) in [4.78, 5) is 23.8. The second-order valence-electron chi connectivity index (χ2n) is 9.48. The Kier molecular flexibility index (Phi) is 6.01. The second kappa shape index (κ2) is 8.54. The molecule has 0 aliphatic heterocycles. The number of carbonyl (C=O) groups is 2. The summed E-state index contributed by atoms with van der Waals surface area (Å²) < 4.78 is 1.15. The third-order valence-corrected chi connectivity index (χ3v) is 8.46. The molecule has 0 spiro atoms. The van der Waals surface area contributed by atoms with Crippen LogP contribution in [-0.4, -0.2) is 23.0 Å². The van der Waals surface area contributed by atoms with Crippen molar-refractivity contribution in [1.29, 1.82) is 0 Å². The zero-order valence-electron chi connectivity index (χ0n) is 17.8. The van der Waals surface area contributed by atoms with E-state index in [0.717, 1.165) is 34.9 Å². The summed E-state index contributed by atoms with van der Waals surface area (Å²) in [7, 11) is 0. The van der Waals surface area contributed by atoms with E-state index in [0.29, 0.717) is 29.6 Å². The SMILES string of the molecule is CC1(C)C2CC(NC(=O)c3csc4ccccc34)C(C/C=C\CCCC(=O)O)C1C2. The fraction of sp³-hybridized carbons (Fsp3) is 0.520. The van der Waals surface area contributed by atoms with Crippen molar-refractivity contribution in [1.82, 2.24) is 5.32 Å². The molecule has 2 bridgehead atoms. The minimum Gasteiger partial charge on any atom is -0.481 e. The molecule has 1 aromatic heterocycles. The Balaban J connectivity index is 1.43. The van der Waals surface area contributed by atoms with Gasteiger partial charge in [-0.2, -0.15) is 0 Å². The fourth-order valence-electron chi connectivity index (χ4n) is 5.58. The third kappa shape index (κ3) is 4.04. The molecule has 160 valence electrons. The van der Waals surface area contributed by atoms with Crippen LogP contribution in [-0.2, 0) is 4.79 Å². The molecule has 4 atom stereocenters. The molecule has 0 saturated heterocycles. The Bertz CT molecular complexity index is 960. The average Bonchev–Trinajstić information content (AvgIpc) is 3.15. The number of fused-ring (bicyclic) bond motifs is 3. The van der Waals surface area contributed by atoms with Crippen LogP contribution in [0, 0.1) is 23.2 Å². The number of hydrogen-bond donors (Lipinski definition) is 2. The van der Waals surface area contributed by atoms with Crippen molar-refractivity contribution >= 4 is 33.3 Å². The summed E-state index contributed by atoms with van der Waals surface area (Å²) in [5.74, 6) is 1.07. The van der Waals surface area contributed by atoms with E-state index in [-0.39, 0.29) is 18.4 Å². The molecule has 5 heteroatoms. The summed E-state index contributed by atoms with van der Waals surface area (Å²) >= 11 is 1.62. The van der Waals surface area contributed by atoms with E-state index in [9.17, 15) is 9.59 Å². The molecule has 3 saturated carbocycles. The number of thiophene rings is 1. The van der Waals surface area contributed by atoms with Crippen molar-refractivity contribution in [3.63, 3.8) is 0 Å². The maximum absolute atomic E-state index is 13.1. The number of allylic oxidation sites excluding steroid dienone is 2. The van der Waals surface area contributed by atoms with Gasteiger partial charge < -0.3 is 10.4 Å². The molecule has 4 nitrogen and oxygen atoms in total. The summed E-state index contributed by atoms with van der Waals surface area (Å²) in [5, 5.41) is 15.2. The van der Waals surface area contributed by atoms with Gasteiger partial charge in [0, 0.05) is 27.9 Å². The number of rotatable bonds is 8. The van der Waals surface area contributed by atoms with E-state index < -0.39 is 5.97 Å². The molecule has 3 aliphatic carbocycles. The summed E-state index contributed by atoms with van der Waals surface area (Å²) in [6, 6.07) is 8.29. The monoisotopic (exact) mass is 425 g/mol. The highest BCUT2D eigenvalue weighted by Crippen LogP contribution is 2.62. The highest BCUT2D eigenvalue weighted by Gasteiger charge is 2.57. The van der Waals surface area contributed by atoms with Crippen LogP contribution in [0.15, 0.2) is 41.8 Å². The van der Waals surface area contributed by atoms with Crippen molar-refractivity contribution < 1.29 is 14.7 Å². The van der Waals surface area contributed by atoms with Gasteiger partial charge >= 0.3 is 5.97 Å². The predicted molar refractivity (Wildman–Crippen MR) is 122 cm³/mol. The van der Waals surface area contributed by atoms with Gasteiger partial charge in [0.25, 0.3) is 5.91 Å². The molecule has 0 radical (unpaired) electrons. The van der Waals surface area contributed by atoms with Gasteiger partial charge in [-0.15, -0.1) is 11.3 Å². The molecule has 3 aliphatic rings. The lowest BCUT2D eigenvalue weighted by Gasteiger charge is -2.62. The Morgan fingerprint density at radius 1 is 1.23 bits per heavy atom. The minimum atomic E-state index is -0.735. The van der Waals surface area contributed by atoms with Gasteiger partial charge in [0.1, 0.15) is 0 Å². The van der Waals surface area contributed by atoms with Crippen LogP contribution in [0.25, 0.3) is 10.1 Å². The van der Waals surface area contributed by atoms with E-state index in [1.54, 1.807) is 11.3 Å². The topological polar surface area (TPSA) is 66.4 Å². The smallest absolute Gasteiger partial charge is 0.303 e. The molecule has 30 heavy (non-hydrogen) atoms. The standard InChI is InChI=1S/C25H31NO3S/c1-25(2)16-13-20(25)18(10-5-3-4-6-12-23(27)28)21(14-16)26-24(29)19-15-30-22-11-8-7-9-17(19)22/h3,5,7-9,11,15-16,18,20-21H,4,6,10,12-14H2,1-2H3,(H,26,29)(H,27,28)/b5-3-. The van der Waals surface area contributed by atoms with Gasteiger partial charge in [0.15, 0.2) is 0 Å². The van der Waals surface area contributed by atoms with Gasteiger partial charge in [-0.05, 0) is 61.3 Å². The van der Waals surface area contributed by atoms with Crippen molar-refractivity contribution in [2.24, 2.45) is 23.2 Å². The van der Waals surface area contributed by atoms with Gasteiger partial charge in [-0.3, -0.25) is 9.59 Å². The Morgan fingerprint density at radius 2 is 2.03 bits per heavy atom. The summed E-state index contributed by atoms with van der Waals surface area (Å²) in [6.07, 6.45) is 9.29. The molecular formula is C25H31NO3S. The number of carboxylic acids is 1. The van der Waals surface area contributed by atoms with Crippen LogP contribution >= 0.6 is 11.3 Å². The van der Waals surface area contributed by atoms with Gasteiger partial charge in [-0.1, -0.05) is 44.2 Å². The van der Waals surface area contributed by atoms with Crippen LogP contribution < -0.4 is 5.32 Å². The maximum atomic E-state index is 13.1. The molecule has 2 N–H and O–H groups in total. The van der Waals surface area contributed by atoms with Crippen molar-refractivity contribution in [2.45, 2.75) is 58.4 Å².